The fourth-order valence-electron chi connectivity index (χ4n) is 5.41. The molecular formula is C30H30F2N6O4. The van der Waals surface area contributed by atoms with Crippen LogP contribution in [0, 0.1) is 0 Å². The summed E-state index contributed by atoms with van der Waals surface area (Å²) in [5, 5.41) is 10.4. The number of alkyl halides is 2. The average Bonchev–Trinajstić information content (AvgIpc) is 3.53. The smallest absolute Gasteiger partial charge is 0.387 e. The molecule has 1 saturated heterocycles. The summed E-state index contributed by atoms with van der Waals surface area (Å²) in [5.41, 5.74) is 3.20. The van der Waals surface area contributed by atoms with Gasteiger partial charge in [0.2, 0.25) is 0 Å². The summed E-state index contributed by atoms with van der Waals surface area (Å²) in [6.07, 6.45) is 2.86. The number of pyridine rings is 1. The van der Waals surface area contributed by atoms with Gasteiger partial charge in [-0.25, -0.2) is 9.97 Å². The van der Waals surface area contributed by atoms with Crippen LogP contribution in [0.3, 0.4) is 0 Å². The van der Waals surface area contributed by atoms with Crippen LogP contribution in [0.25, 0.3) is 38.9 Å². The Morgan fingerprint density at radius 2 is 1.93 bits per heavy atom. The van der Waals surface area contributed by atoms with Crippen molar-refractivity contribution in [2.24, 2.45) is 7.05 Å². The second-order valence-electron chi connectivity index (χ2n) is 10.2. The third kappa shape index (κ3) is 5.42. The number of aliphatic hydroxyl groups excluding tert-OH is 1. The Balaban J connectivity index is 1.42. The molecule has 0 spiro atoms. The predicted octanol–water partition coefficient (Wildman–Crippen LogP) is 3.94. The van der Waals surface area contributed by atoms with Crippen LogP contribution in [-0.4, -0.2) is 73.0 Å². The molecule has 0 bridgehead atoms. The average molecular weight is 577 g/mol. The molecule has 1 atom stereocenters. The molecule has 0 aliphatic carbocycles. The van der Waals surface area contributed by atoms with Crippen LogP contribution in [0.1, 0.15) is 19.2 Å². The number of ether oxygens (including phenoxy) is 2. The van der Waals surface area contributed by atoms with Crippen molar-refractivity contribution >= 4 is 22.1 Å². The fraction of sp³-hybridized carbons (Fsp3) is 0.333. The highest BCUT2D eigenvalue weighted by Gasteiger charge is 2.21. The van der Waals surface area contributed by atoms with Gasteiger partial charge in [-0.15, -0.1) is 0 Å². The maximum atomic E-state index is 14.1. The third-order valence-corrected chi connectivity index (χ3v) is 7.50. The molecular weight excluding hydrogens is 546 g/mol. The molecule has 1 unspecified atom stereocenters. The van der Waals surface area contributed by atoms with E-state index >= 15 is 0 Å². The van der Waals surface area contributed by atoms with Crippen molar-refractivity contribution in [3.8, 4) is 28.6 Å². The van der Waals surface area contributed by atoms with Crippen molar-refractivity contribution in [3.63, 3.8) is 0 Å². The van der Waals surface area contributed by atoms with E-state index in [2.05, 4.69) is 19.6 Å². The van der Waals surface area contributed by atoms with Gasteiger partial charge in [0.25, 0.3) is 5.56 Å². The van der Waals surface area contributed by atoms with Crippen molar-refractivity contribution in [2.45, 2.75) is 32.5 Å². The quantitative estimate of drug-likeness (QED) is 0.281. The van der Waals surface area contributed by atoms with Gasteiger partial charge in [0, 0.05) is 50.2 Å². The van der Waals surface area contributed by atoms with Gasteiger partial charge in [0.1, 0.15) is 11.6 Å². The van der Waals surface area contributed by atoms with Crippen molar-refractivity contribution in [2.75, 3.05) is 26.2 Å². The molecule has 1 aliphatic rings. The van der Waals surface area contributed by atoms with E-state index in [4.69, 9.17) is 9.72 Å². The highest BCUT2D eigenvalue weighted by molar-refractivity contribution is 5.87. The van der Waals surface area contributed by atoms with Crippen LogP contribution in [-0.2, 0) is 13.5 Å². The maximum Gasteiger partial charge on any atom is 0.387 e. The first-order valence-electron chi connectivity index (χ1n) is 13.8. The molecule has 42 heavy (non-hydrogen) atoms. The number of imidazole rings is 1. The van der Waals surface area contributed by atoms with E-state index in [1.807, 2.05) is 36.7 Å². The first-order valence-corrected chi connectivity index (χ1v) is 13.8. The van der Waals surface area contributed by atoms with Gasteiger partial charge in [-0.05, 0) is 61.4 Å². The Labute approximate surface area is 239 Å². The topological polar surface area (TPSA) is 108 Å². The van der Waals surface area contributed by atoms with E-state index in [0.717, 1.165) is 42.8 Å². The maximum absolute atomic E-state index is 14.1. The summed E-state index contributed by atoms with van der Waals surface area (Å²) >= 11 is 0. The second-order valence-corrected chi connectivity index (χ2v) is 10.2. The number of benzene rings is 2. The Kier molecular flexibility index (Phi) is 7.56. The predicted molar refractivity (Wildman–Crippen MR) is 153 cm³/mol. The van der Waals surface area contributed by atoms with Gasteiger partial charge in [-0.1, -0.05) is 6.07 Å². The number of hydrogen-bond acceptors (Lipinski definition) is 8. The lowest BCUT2D eigenvalue weighted by Gasteiger charge is -2.14. The first kappa shape index (κ1) is 27.7. The van der Waals surface area contributed by atoms with E-state index in [1.54, 1.807) is 12.3 Å². The van der Waals surface area contributed by atoms with E-state index in [0.29, 0.717) is 41.0 Å². The number of halogens is 2. The minimum atomic E-state index is -2.96. The van der Waals surface area contributed by atoms with Crippen LogP contribution in [0.15, 0.2) is 59.5 Å². The number of fused-ring (bicyclic) bond motifs is 2. The molecule has 5 aromatic rings. The van der Waals surface area contributed by atoms with Crippen molar-refractivity contribution in [1.82, 2.24) is 29.0 Å². The molecule has 3 aromatic heterocycles. The van der Waals surface area contributed by atoms with Crippen LogP contribution in [0.4, 0.5) is 8.78 Å². The number of aromatic nitrogens is 5. The van der Waals surface area contributed by atoms with Crippen molar-refractivity contribution < 1.29 is 23.4 Å². The molecule has 1 N–H and O–H groups in total. The standard InChI is InChI=1S/C30H30F2N6O4/c1-3-41-30-33-16-19-14-23(28(40)38(27(19)35-30)20-5-7-22(8-6-20)42-29(31)32)18-4-9-24-25(15-18)36(2)26(34-24)11-13-37-12-10-21(39)17-37/h4-9,14-16,21,29,39H,3,10-13,17H2,1-2H3. The lowest BCUT2D eigenvalue weighted by molar-refractivity contribution is -0.0498. The number of aliphatic hydroxyl groups is 1. The molecule has 218 valence electrons. The van der Waals surface area contributed by atoms with E-state index < -0.39 is 6.61 Å². The lowest BCUT2D eigenvalue weighted by atomic mass is 10.0. The lowest BCUT2D eigenvalue weighted by Crippen LogP contribution is -2.25. The number of nitrogens with zero attached hydrogens (tertiary/aromatic N) is 6. The molecule has 0 radical (unpaired) electrons. The van der Waals surface area contributed by atoms with Crippen LogP contribution >= 0.6 is 0 Å². The summed E-state index contributed by atoms with van der Waals surface area (Å²) < 4.78 is 38.8. The molecule has 2 aromatic carbocycles. The molecule has 4 heterocycles. The Hall–Kier alpha value is -4.42. The van der Waals surface area contributed by atoms with E-state index in [-0.39, 0.29) is 23.4 Å². The van der Waals surface area contributed by atoms with Gasteiger partial charge < -0.3 is 24.0 Å². The third-order valence-electron chi connectivity index (χ3n) is 7.50. The minimum Gasteiger partial charge on any atom is -0.464 e. The Morgan fingerprint density at radius 1 is 1.12 bits per heavy atom. The van der Waals surface area contributed by atoms with Crippen LogP contribution < -0.4 is 15.0 Å². The molecule has 10 nitrogen and oxygen atoms in total. The second kappa shape index (κ2) is 11.5. The molecule has 12 heteroatoms. The van der Waals surface area contributed by atoms with Crippen LogP contribution in [0.2, 0.25) is 0 Å². The summed E-state index contributed by atoms with van der Waals surface area (Å²) in [7, 11) is 1.96. The molecule has 0 amide bonds. The SMILES string of the molecule is CCOc1ncc2cc(-c3ccc4nc(CCN5CCC(O)C5)n(C)c4c3)c(=O)n(-c3ccc(OC(F)F)cc3)c2n1. The molecule has 0 saturated carbocycles. The fourth-order valence-corrected chi connectivity index (χ4v) is 5.41. The largest absolute Gasteiger partial charge is 0.464 e. The summed E-state index contributed by atoms with van der Waals surface area (Å²) in [5.74, 6) is 0.896. The van der Waals surface area contributed by atoms with Gasteiger partial charge in [0.15, 0.2) is 5.65 Å². The molecule has 1 aliphatic heterocycles. The van der Waals surface area contributed by atoms with Gasteiger partial charge in [0.05, 0.1) is 29.4 Å². The number of likely N-dealkylation sites (tertiary alicyclic amines) is 1. The summed E-state index contributed by atoms with van der Waals surface area (Å²) in [6.45, 7) is 1.56. The van der Waals surface area contributed by atoms with Crippen LogP contribution in [0.5, 0.6) is 11.8 Å². The summed E-state index contributed by atoms with van der Waals surface area (Å²) in [4.78, 5) is 29.9. The van der Waals surface area contributed by atoms with Crippen molar-refractivity contribution in [3.05, 3.63) is 70.9 Å². The van der Waals surface area contributed by atoms with E-state index in [9.17, 15) is 18.7 Å². The zero-order valence-corrected chi connectivity index (χ0v) is 23.2. The number of rotatable bonds is 9. The summed E-state index contributed by atoms with van der Waals surface area (Å²) in [6, 6.07) is 13.4. The highest BCUT2D eigenvalue weighted by atomic mass is 19.3. The van der Waals surface area contributed by atoms with E-state index in [1.165, 1.54) is 28.8 Å². The molecule has 6 rings (SSSR count). The normalized spacial score (nSPS) is 15.7. The monoisotopic (exact) mass is 576 g/mol. The Morgan fingerprint density at radius 3 is 2.64 bits per heavy atom. The number of hydrogen-bond donors (Lipinski definition) is 1. The zero-order chi connectivity index (χ0) is 29.4. The Bertz CT molecular complexity index is 1800. The zero-order valence-electron chi connectivity index (χ0n) is 23.2. The van der Waals surface area contributed by atoms with Gasteiger partial charge in [-0.3, -0.25) is 9.36 Å². The van der Waals surface area contributed by atoms with Crippen molar-refractivity contribution in [1.29, 1.82) is 0 Å². The highest BCUT2D eigenvalue weighted by Crippen LogP contribution is 2.27. The minimum absolute atomic E-state index is 0.0229. The number of aryl methyl sites for hydroxylation is 1. The van der Waals surface area contributed by atoms with Gasteiger partial charge >= 0.3 is 12.6 Å². The van der Waals surface area contributed by atoms with Gasteiger partial charge in [-0.2, -0.15) is 13.8 Å². The number of β-amino-alcohol motifs (C(OH)–C–C–N with tert-alkyl or cyclic N) is 1. The first-order chi connectivity index (χ1) is 20.3. The molecule has 1 fully saturated rings.